The predicted molar refractivity (Wildman–Crippen MR) is 63.4 cm³/mol. The zero-order valence-corrected chi connectivity index (χ0v) is 9.47. The first-order valence-electron chi connectivity index (χ1n) is 5.97. The molecule has 2 aromatic rings. The Kier molecular flexibility index (Phi) is 2.35. The van der Waals surface area contributed by atoms with E-state index < -0.39 is 5.97 Å². The fraction of sp³-hybridized carbons (Fsp3) is 0.385. The number of aromatic carboxylic acids is 1. The fourth-order valence-electron chi connectivity index (χ4n) is 2.71. The summed E-state index contributed by atoms with van der Waals surface area (Å²) >= 11 is 0. The first-order valence-corrected chi connectivity index (χ1v) is 5.97. The minimum Gasteiger partial charge on any atom is -0.477 e. The summed E-state index contributed by atoms with van der Waals surface area (Å²) in [5, 5.41) is 9.22. The molecule has 0 aromatic carbocycles. The van der Waals surface area contributed by atoms with Gasteiger partial charge in [0.1, 0.15) is 11.5 Å². The van der Waals surface area contributed by atoms with Gasteiger partial charge in [-0.1, -0.05) is 18.9 Å². The topological polar surface area (TPSA) is 54.6 Å². The van der Waals surface area contributed by atoms with Crippen LogP contribution in [-0.4, -0.2) is 20.5 Å². The first-order chi connectivity index (χ1) is 8.27. The van der Waals surface area contributed by atoms with E-state index in [1.165, 1.54) is 12.8 Å². The van der Waals surface area contributed by atoms with Crippen LogP contribution in [0.15, 0.2) is 24.4 Å². The molecule has 1 aliphatic rings. The van der Waals surface area contributed by atoms with Gasteiger partial charge in [-0.3, -0.25) is 4.40 Å². The zero-order chi connectivity index (χ0) is 11.8. The minimum atomic E-state index is -0.896. The van der Waals surface area contributed by atoms with Crippen LogP contribution in [0.4, 0.5) is 0 Å². The molecule has 88 valence electrons. The minimum absolute atomic E-state index is 0.307. The Morgan fingerprint density at radius 3 is 2.82 bits per heavy atom. The fourth-order valence-corrected chi connectivity index (χ4v) is 2.71. The van der Waals surface area contributed by atoms with Gasteiger partial charge in [-0.05, 0) is 25.0 Å². The highest BCUT2D eigenvalue weighted by Gasteiger charge is 2.23. The summed E-state index contributed by atoms with van der Waals surface area (Å²) in [5.74, 6) is 0.432. The predicted octanol–water partition coefficient (Wildman–Crippen LogP) is 2.69. The summed E-state index contributed by atoms with van der Waals surface area (Å²) in [6.45, 7) is 0. The maximum absolute atomic E-state index is 11.2. The Labute approximate surface area is 98.9 Å². The maximum Gasteiger partial charge on any atom is 0.352 e. The van der Waals surface area contributed by atoms with Gasteiger partial charge >= 0.3 is 5.97 Å². The molecule has 1 N–H and O–H groups in total. The molecule has 0 bridgehead atoms. The van der Waals surface area contributed by atoms with Crippen molar-refractivity contribution in [1.29, 1.82) is 0 Å². The lowest BCUT2D eigenvalue weighted by atomic mass is 10.1. The Morgan fingerprint density at radius 2 is 2.12 bits per heavy atom. The summed E-state index contributed by atoms with van der Waals surface area (Å²) in [4.78, 5) is 15.7. The smallest absolute Gasteiger partial charge is 0.352 e. The van der Waals surface area contributed by atoms with E-state index in [4.69, 9.17) is 0 Å². The van der Waals surface area contributed by atoms with E-state index in [2.05, 4.69) is 4.98 Å². The summed E-state index contributed by atoms with van der Waals surface area (Å²) in [6.07, 6.45) is 6.43. The molecular weight excluding hydrogens is 216 g/mol. The molecule has 1 fully saturated rings. The van der Waals surface area contributed by atoms with Crippen LogP contribution in [0.3, 0.4) is 0 Å². The average Bonchev–Trinajstić information content (AvgIpc) is 2.96. The number of carboxylic acid groups (broad SMARTS) is 1. The quantitative estimate of drug-likeness (QED) is 0.862. The molecule has 4 heteroatoms. The number of carboxylic acids is 1. The van der Waals surface area contributed by atoms with Crippen molar-refractivity contribution in [1.82, 2.24) is 9.38 Å². The second-order valence-corrected chi connectivity index (χ2v) is 4.57. The molecule has 4 nitrogen and oxygen atoms in total. The second kappa shape index (κ2) is 3.87. The van der Waals surface area contributed by atoms with Gasteiger partial charge in [0.2, 0.25) is 0 Å². The standard InChI is InChI=1S/C13H14N2O2/c16-13(17)11-7-3-6-10-8-14-12(15(10)11)9-4-1-2-5-9/h3,6-9H,1-2,4-5H2,(H,16,17). The van der Waals surface area contributed by atoms with Gasteiger partial charge in [-0.2, -0.15) is 0 Å². The number of fused-ring (bicyclic) bond motifs is 1. The van der Waals surface area contributed by atoms with E-state index in [0.29, 0.717) is 11.6 Å². The van der Waals surface area contributed by atoms with Crippen molar-refractivity contribution < 1.29 is 9.90 Å². The van der Waals surface area contributed by atoms with Crippen molar-refractivity contribution in [2.45, 2.75) is 31.6 Å². The highest BCUT2D eigenvalue weighted by Crippen LogP contribution is 2.33. The lowest BCUT2D eigenvalue weighted by Gasteiger charge is -2.10. The number of imidazole rings is 1. The number of hydrogen-bond donors (Lipinski definition) is 1. The molecule has 2 heterocycles. The van der Waals surface area contributed by atoms with E-state index in [-0.39, 0.29) is 0 Å². The first kappa shape index (κ1) is 10.3. The lowest BCUT2D eigenvalue weighted by molar-refractivity contribution is 0.0688. The molecule has 0 atom stereocenters. The van der Waals surface area contributed by atoms with Crippen LogP contribution in [-0.2, 0) is 0 Å². The van der Waals surface area contributed by atoms with E-state index >= 15 is 0 Å². The number of nitrogens with zero attached hydrogens (tertiary/aromatic N) is 2. The number of aromatic nitrogens is 2. The Bertz CT molecular complexity index is 568. The largest absolute Gasteiger partial charge is 0.477 e. The highest BCUT2D eigenvalue weighted by atomic mass is 16.4. The Hall–Kier alpha value is -1.84. The number of pyridine rings is 1. The second-order valence-electron chi connectivity index (χ2n) is 4.57. The molecule has 0 spiro atoms. The molecule has 17 heavy (non-hydrogen) atoms. The Morgan fingerprint density at radius 1 is 1.35 bits per heavy atom. The van der Waals surface area contributed by atoms with Crippen molar-refractivity contribution >= 4 is 11.5 Å². The molecule has 0 aliphatic heterocycles. The van der Waals surface area contributed by atoms with Gasteiger partial charge in [-0.15, -0.1) is 0 Å². The lowest BCUT2D eigenvalue weighted by Crippen LogP contribution is -2.09. The normalized spacial score (nSPS) is 16.7. The molecule has 0 radical (unpaired) electrons. The van der Waals surface area contributed by atoms with Crippen molar-refractivity contribution in [2.24, 2.45) is 0 Å². The van der Waals surface area contributed by atoms with Gasteiger partial charge < -0.3 is 5.11 Å². The van der Waals surface area contributed by atoms with Crippen LogP contribution in [0, 0.1) is 0 Å². The van der Waals surface area contributed by atoms with Crippen molar-refractivity contribution in [2.75, 3.05) is 0 Å². The third kappa shape index (κ3) is 1.60. The van der Waals surface area contributed by atoms with Crippen LogP contribution in [0.5, 0.6) is 0 Å². The van der Waals surface area contributed by atoms with Crippen LogP contribution >= 0.6 is 0 Å². The molecule has 1 saturated carbocycles. The molecule has 3 rings (SSSR count). The van der Waals surface area contributed by atoms with Gasteiger partial charge in [0.15, 0.2) is 0 Å². The van der Waals surface area contributed by atoms with Crippen molar-refractivity contribution in [3.63, 3.8) is 0 Å². The average molecular weight is 230 g/mol. The molecule has 0 amide bonds. The molecular formula is C13H14N2O2. The monoisotopic (exact) mass is 230 g/mol. The maximum atomic E-state index is 11.2. The number of rotatable bonds is 2. The number of hydrogen-bond acceptors (Lipinski definition) is 2. The summed E-state index contributed by atoms with van der Waals surface area (Å²) in [5.41, 5.74) is 1.17. The third-order valence-electron chi connectivity index (χ3n) is 3.52. The van der Waals surface area contributed by atoms with E-state index in [9.17, 15) is 9.90 Å². The van der Waals surface area contributed by atoms with E-state index in [0.717, 1.165) is 24.2 Å². The van der Waals surface area contributed by atoms with Crippen molar-refractivity contribution in [3.8, 4) is 0 Å². The van der Waals surface area contributed by atoms with Crippen molar-refractivity contribution in [3.05, 3.63) is 35.9 Å². The molecule has 2 aromatic heterocycles. The Balaban J connectivity index is 2.21. The van der Waals surface area contributed by atoms with Crippen LogP contribution < -0.4 is 0 Å². The third-order valence-corrected chi connectivity index (χ3v) is 3.52. The van der Waals surface area contributed by atoms with E-state index in [1.807, 2.05) is 6.07 Å². The van der Waals surface area contributed by atoms with Crippen LogP contribution in [0.2, 0.25) is 0 Å². The van der Waals surface area contributed by atoms with Gasteiger partial charge in [0.25, 0.3) is 0 Å². The van der Waals surface area contributed by atoms with Gasteiger partial charge in [0.05, 0.1) is 11.7 Å². The summed E-state index contributed by atoms with van der Waals surface area (Å²) < 4.78 is 1.79. The SMILES string of the molecule is O=C(O)c1cccc2cnc(C3CCCC3)n12. The summed E-state index contributed by atoms with van der Waals surface area (Å²) in [6, 6.07) is 5.30. The molecule has 0 unspecified atom stereocenters. The van der Waals surface area contributed by atoms with Crippen LogP contribution in [0.25, 0.3) is 5.52 Å². The highest BCUT2D eigenvalue weighted by molar-refractivity contribution is 5.86. The molecule has 0 saturated heterocycles. The number of carbonyl (C=O) groups is 1. The van der Waals surface area contributed by atoms with Gasteiger partial charge in [-0.25, -0.2) is 9.78 Å². The molecule has 1 aliphatic carbocycles. The zero-order valence-electron chi connectivity index (χ0n) is 9.47. The van der Waals surface area contributed by atoms with Gasteiger partial charge in [0, 0.05) is 5.92 Å². The van der Waals surface area contributed by atoms with E-state index in [1.54, 1.807) is 22.7 Å². The van der Waals surface area contributed by atoms with Crippen LogP contribution in [0.1, 0.15) is 47.9 Å². The summed E-state index contributed by atoms with van der Waals surface area (Å²) in [7, 11) is 0.